The van der Waals surface area contributed by atoms with Crippen LogP contribution in [-0.4, -0.2) is 22.4 Å². The summed E-state index contributed by atoms with van der Waals surface area (Å²) in [6.07, 6.45) is 4.11. The molecule has 0 saturated heterocycles. The molecule has 6 nitrogen and oxygen atoms in total. The van der Waals surface area contributed by atoms with Gasteiger partial charge in [-0.2, -0.15) is 0 Å². The minimum absolute atomic E-state index is 0.267. The molecule has 3 aromatic rings. The van der Waals surface area contributed by atoms with Crippen LogP contribution in [0.15, 0.2) is 67.0 Å². The fraction of sp³-hybridized carbons (Fsp3) is 0.261. The number of benzene rings is 2. The third-order valence-electron chi connectivity index (χ3n) is 4.27. The Morgan fingerprint density at radius 3 is 2.41 bits per heavy atom. The summed E-state index contributed by atoms with van der Waals surface area (Å²) in [4.78, 5) is 20.8. The lowest BCUT2D eigenvalue weighted by Gasteiger charge is -2.09. The Morgan fingerprint density at radius 1 is 1.00 bits per heavy atom. The topological polar surface area (TPSA) is 76.1 Å². The van der Waals surface area contributed by atoms with E-state index in [1.165, 1.54) is 6.20 Å². The van der Waals surface area contributed by atoms with Crippen LogP contribution >= 0.6 is 0 Å². The standard InChI is InChI=1S/C23H26N4O2/c1-17(2)12-13-24-22-15-25-21(14-26-22)23(28)27-19-8-10-20(11-9-19)29-16-18-6-4-3-5-7-18/h3-11,14-15,17H,12-13,16H2,1-2H3,(H,24,26)(H,27,28). The van der Waals surface area contributed by atoms with Gasteiger partial charge in [-0.15, -0.1) is 0 Å². The molecular weight excluding hydrogens is 364 g/mol. The molecule has 0 fully saturated rings. The largest absolute Gasteiger partial charge is 0.489 e. The molecule has 0 aliphatic carbocycles. The first-order valence-corrected chi connectivity index (χ1v) is 9.74. The first kappa shape index (κ1) is 20.3. The fourth-order valence-corrected chi connectivity index (χ4v) is 2.60. The van der Waals surface area contributed by atoms with Crippen LogP contribution in [0.4, 0.5) is 11.5 Å². The van der Waals surface area contributed by atoms with Crippen LogP contribution in [-0.2, 0) is 6.61 Å². The summed E-state index contributed by atoms with van der Waals surface area (Å²) in [7, 11) is 0. The highest BCUT2D eigenvalue weighted by molar-refractivity contribution is 6.02. The normalized spacial score (nSPS) is 10.6. The summed E-state index contributed by atoms with van der Waals surface area (Å²) >= 11 is 0. The Kier molecular flexibility index (Phi) is 7.16. The molecule has 150 valence electrons. The quantitative estimate of drug-likeness (QED) is 0.551. The monoisotopic (exact) mass is 390 g/mol. The third-order valence-corrected chi connectivity index (χ3v) is 4.27. The van der Waals surface area contributed by atoms with Gasteiger partial charge in [0.05, 0.1) is 12.4 Å². The molecule has 29 heavy (non-hydrogen) atoms. The van der Waals surface area contributed by atoms with E-state index in [-0.39, 0.29) is 11.6 Å². The SMILES string of the molecule is CC(C)CCNc1cnc(C(=O)Nc2ccc(OCc3ccccc3)cc2)cn1. The first-order valence-electron chi connectivity index (χ1n) is 9.74. The zero-order chi connectivity index (χ0) is 20.5. The van der Waals surface area contributed by atoms with Crippen LogP contribution < -0.4 is 15.4 Å². The number of anilines is 2. The lowest BCUT2D eigenvalue weighted by molar-refractivity contribution is 0.102. The molecule has 2 N–H and O–H groups in total. The summed E-state index contributed by atoms with van der Waals surface area (Å²) in [5.41, 5.74) is 2.04. The van der Waals surface area contributed by atoms with E-state index in [1.54, 1.807) is 18.3 Å². The number of carbonyl (C=O) groups excluding carboxylic acids is 1. The highest BCUT2D eigenvalue weighted by atomic mass is 16.5. The van der Waals surface area contributed by atoms with Gasteiger partial charge in [0.2, 0.25) is 0 Å². The summed E-state index contributed by atoms with van der Waals surface area (Å²) in [5.74, 6) is 1.73. The van der Waals surface area contributed by atoms with E-state index < -0.39 is 0 Å². The molecule has 0 unspecified atom stereocenters. The third kappa shape index (κ3) is 6.60. The Labute approximate surface area is 171 Å². The highest BCUT2D eigenvalue weighted by Crippen LogP contribution is 2.17. The molecular formula is C23H26N4O2. The second-order valence-electron chi connectivity index (χ2n) is 7.15. The van der Waals surface area contributed by atoms with E-state index in [9.17, 15) is 4.79 Å². The van der Waals surface area contributed by atoms with Gasteiger partial charge in [0.25, 0.3) is 5.91 Å². The van der Waals surface area contributed by atoms with E-state index in [0.717, 1.165) is 24.3 Å². The molecule has 0 saturated carbocycles. The van der Waals surface area contributed by atoms with Crippen LogP contribution in [0.2, 0.25) is 0 Å². The maximum Gasteiger partial charge on any atom is 0.275 e. The molecule has 1 amide bonds. The van der Waals surface area contributed by atoms with Crippen LogP contribution in [0, 0.1) is 5.92 Å². The summed E-state index contributed by atoms with van der Waals surface area (Å²) in [6, 6.07) is 17.2. The molecule has 0 spiro atoms. The van der Waals surface area contributed by atoms with Crippen molar-refractivity contribution in [2.45, 2.75) is 26.9 Å². The van der Waals surface area contributed by atoms with Gasteiger partial charge in [0.1, 0.15) is 23.9 Å². The van der Waals surface area contributed by atoms with Crippen molar-refractivity contribution < 1.29 is 9.53 Å². The molecule has 3 rings (SSSR count). The number of nitrogens with one attached hydrogen (secondary N) is 2. The number of nitrogens with zero attached hydrogens (tertiary/aromatic N) is 2. The summed E-state index contributed by atoms with van der Waals surface area (Å²) < 4.78 is 5.75. The number of hydrogen-bond acceptors (Lipinski definition) is 5. The molecule has 1 aromatic heterocycles. The molecule has 0 atom stereocenters. The zero-order valence-corrected chi connectivity index (χ0v) is 16.8. The van der Waals surface area contributed by atoms with E-state index in [0.29, 0.717) is 24.0 Å². The van der Waals surface area contributed by atoms with Crippen LogP contribution in [0.5, 0.6) is 5.75 Å². The first-order chi connectivity index (χ1) is 14.1. The van der Waals surface area contributed by atoms with Crippen LogP contribution in [0.3, 0.4) is 0 Å². The van der Waals surface area contributed by atoms with Gasteiger partial charge >= 0.3 is 0 Å². The molecule has 0 radical (unpaired) electrons. The number of aromatic nitrogens is 2. The zero-order valence-electron chi connectivity index (χ0n) is 16.8. The van der Waals surface area contributed by atoms with Gasteiger partial charge in [-0.3, -0.25) is 4.79 Å². The van der Waals surface area contributed by atoms with Crippen molar-refractivity contribution in [1.82, 2.24) is 9.97 Å². The predicted octanol–water partition coefficient (Wildman–Crippen LogP) is 4.77. The Morgan fingerprint density at radius 2 is 1.76 bits per heavy atom. The van der Waals surface area contributed by atoms with Gasteiger partial charge in [-0.05, 0) is 42.2 Å². The lowest BCUT2D eigenvalue weighted by Crippen LogP contribution is -2.14. The summed E-state index contributed by atoms with van der Waals surface area (Å²) in [6.45, 7) is 5.67. The van der Waals surface area contributed by atoms with Crippen molar-refractivity contribution in [3.8, 4) is 5.75 Å². The van der Waals surface area contributed by atoms with Crippen molar-refractivity contribution in [3.05, 3.63) is 78.2 Å². The average Bonchev–Trinajstić information content (AvgIpc) is 2.74. The highest BCUT2D eigenvalue weighted by Gasteiger charge is 2.09. The number of hydrogen-bond donors (Lipinski definition) is 2. The van der Waals surface area contributed by atoms with E-state index in [1.807, 2.05) is 42.5 Å². The Bertz CT molecular complexity index is 894. The van der Waals surface area contributed by atoms with Crippen molar-refractivity contribution in [2.24, 2.45) is 5.92 Å². The molecule has 0 aliphatic heterocycles. The van der Waals surface area contributed by atoms with Gasteiger partial charge < -0.3 is 15.4 Å². The minimum atomic E-state index is -0.302. The Balaban J connectivity index is 1.49. The predicted molar refractivity (Wildman–Crippen MR) is 115 cm³/mol. The second-order valence-corrected chi connectivity index (χ2v) is 7.15. The molecule has 2 aromatic carbocycles. The van der Waals surface area contributed by atoms with Crippen molar-refractivity contribution in [3.63, 3.8) is 0 Å². The maximum atomic E-state index is 12.4. The molecule has 1 heterocycles. The van der Waals surface area contributed by atoms with Crippen molar-refractivity contribution in [1.29, 1.82) is 0 Å². The van der Waals surface area contributed by atoms with Crippen LogP contribution in [0.1, 0.15) is 36.3 Å². The number of ether oxygens (including phenoxy) is 1. The number of rotatable bonds is 9. The van der Waals surface area contributed by atoms with Crippen LogP contribution in [0.25, 0.3) is 0 Å². The Hall–Kier alpha value is -3.41. The van der Waals surface area contributed by atoms with Crippen molar-refractivity contribution >= 4 is 17.4 Å². The van der Waals surface area contributed by atoms with Crippen molar-refractivity contribution in [2.75, 3.05) is 17.2 Å². The van der Waals surface area contributed by atoms with E-state index >= 15 is 0 Å². The average molecular weight is 390 g/mol. The van der Waals surface area contributed by atoms with E-state index in [4.69, 9.17) is 4.74 Å². The van der Waals surface area contributed by atoms with E-state index in [2.05, 4.69) is 34.4 Å². The molecule has 0 bridgehead atoms. The fourth-order valence-electron chi connectivity index (χ4n) is 2.60. The summed E-state index contributed by atoms with van der Waals surface area (Å²) in [5, 5.41) is 6.02. The minimum Gasteiger partial charge on any atom is -0.489 e. The van der Waals surface area contributed by atoms with Gasteiger partial charge in [-0.25, -0.2) is 9.97 Å². The maximum absolute atomic E-state index is 12.4. The smallest absolute Gasteiger partial charge is 0.275 e. The number of carbonyl (C=O) groups is 1. The molecule has 6 heteroatoms. The number of amides is 1. The van der Waals surface area contributed by atoms with Gasteiger partial charge in [0.15, 0.2) is 0 Å². The van der Waals surface area contributed by atoms with Gasteiger partial charge in [-0.1, -0.05) is 44.2 Å². The second kappa shape index (κ2) is 10.2. The lowest BCUT2D eigenvalue weighted by atomic mass is 10.1. The molecule has 0 aliphatic rings. The van der Waals surface area contributed by atoms with Gasteiger partial charge in [0, 0.05) is 12.2 Å².